The Labute approximate surface area is 204 Å². The van der Waals surface area contributed by atoms with Crippen molar-refractivity contribution in [1.29, 1.82) is 0 Å². The lowest BCUT2D eigenvalue weighted by molar-refractivity contribution is -0.140. The Morgan fingerprint density at radius 3 is 2.64 bits per heavy atom. The van der Waals surface area contributed by atoms with E-state index in [4.69, 9.17) is 4.74 Å². The number of alkyl halides is 3. The van der Waals surface area contributed by atoms with E-state index in [1.54, 1.807) is 0 Å². The molecule has 0 saturated carbocycles. The molecule has 1 fully saturated rings. The van der Waals surface area contributed by atoms with Gasteiger partial charge in [0.25, 0.3) is 0 Å². The number of carbonyl (C=O) groups excluding carboxylic acids is 1. The zero-order valence-electron chi connectivity index (χ0n) is 18.6. The molecule has 0 radical (unpaired) electrons. The first-order valence-corrected chi connectivity index (χ1v) is 11.5. The van der Waals surface area contributed by atoms with Gasteiger partial charge in [-0.05, 0) is 13.0 Å². The van der Waals surface area contributed by atoms with E-state index < -0.39 is 46.0 Å². The van der Waals surface area contributed by atoms with Crippen LogP contribution in [0.25, 0.3) is 16.2 Å². The summed E-state index contributed by atoms with van der Waals surface area (Å²) in [6, 6.07) is 0.788. The number of nitrogens with zero attached hydrogens (tertiary/aromatic N) is 4. The molecule has 1 saturated heterocycles. The third-order valence-electron chi connectivity index (χ3n) is 5.43. The Morgan fingerprint density at radius 1 is 1.31 bits per heavy atom. The minimum absolute atomic E-state index is 0.114. The molecule has 0 aliphatic carbocycles. The van der Waals surface area contributed by atoms with Gasteiger partial charge in [-0.2, -0.15) is 13.2 Å². The van der Waals surface area contributed by atoms with Gasteiger partial charge >= 0.3 is 12.1 Å². The van der Waals surface area contributed by atoms with Crippen molar-refractivity contribution in [3.8, 4) is 5.13 Å². The topological polar surface area (TPSA) is 127 Å². The van der Waals surface area contributed by atoms with Gasteiger partial charge in [-0.25, -0.2) is 19.2 Å². The fourth-order valence-electron chi connectivity index (χ4n) is 3.59. The number of hydrogen-bond acceptors (Lipinski definition) is 8. The number of halogens is 4. The molecule has 0 spiro atoms. The average Bonchev–Trinajstić information content (AvgIpc) is 3.27. The van der Waals surface area contributed by atoms with Crippen LogP contribution in [0, 0.1) is 11.7 Å². The van der Waals surface area contributed by atoms with Crippen LogP contribution in [0.3, 0.4) is 0 Å². The maximum Gasteiger partial charge on any atom is 0.434 e. The summed E-state index contributed by atoms with van der Waals surface area (Å²) >= 11 is 0.550. The number of thiazole rings is 1. The predicted octanol–water partition coefficient (Wildman–Crippen LogP) is 2.29. The van der Waals surface area contributed by atoms with Crippen molar-refractivity contribution in [2.24, 2.45) is 5.92 Å². The highest BCUT2D eigenvalue weighted by atomic mass is 32.1. The summed E-state index contributed by atoms with van der Waals surface area (Å²) in [7, 11) is 0. The van der Waals surface area contributed by atoms with E-state index >= 15 is 0 Å². The fourth-order valence-corrected chi connectivity index (χ4v) is 4.40. The van der Waals surface area contributed by atoms with Gasteiger partial charge in [-0.3, -0.25) is 14.2 Å². The number of aromatic carboxylic acids is 1. The number of amides is 1. The van der Waals surface area contributed by atoms with Gasteiger partial charge in [0.05, 0.1) is 17.9 Å². The van der Waals surface area contributed by atoms with Crippen LogP contribution in [0.2, 0.25) is 0 Å². The molecule has 3 aromatic rings. The minimum atomic E-state index is -4.75. The van der Waals surface area contributed by atoms with E-state index in [1.165, 1.54) is 4.90 Å². The number of nitrogens with one attached hydrogen (secondary N) is 1. The van der Waals surface area contributed by atoms with Crippen LogP contribution in [0.1, 0.15) is 23.0 Å². The molecule has 36 heavy (non-hydrogen) atoms. The molecule has 4 heterocycles. The second-order valence-electron chi connectivity index (χ2n) is 7.81. The van der Waals surface area contributed by atoms with Crippen LogP contribution in [0.5, 0.6) is 0 Å². The highest BCUT2D eigenvalue weighted by Crippen LogP contribution is 2.33. The van der Waals surface area contributed by atoms with Crippen LogP contribution >= 0.6 is 11.3 Å². The van der Waals surface area contributed by atoms with Crippen LogP contribution in [0.15, 0.2) is 22.4 Å². The Morgan fingerprint density at radius 2 is 2.03 bits per heavy atom. The molecule has 3 aromatic heterocycles. The fraction of sp³-hybridized carbons (Fsp3) is 0.381. The number of carbonyl (C=O) groups is 2. The Balaban J connectivity index is 1.69. The summed E-state index contributed by atoms with van der Waals surface area (Å²) in [5.74, 6) is -3.52. The number of rotatable bonds is 8. The van der Waals surface area contributed by atoms with Crippen LogP contribution in [0.4, 0.5) is 23.4 Å². The molecule has 10 nitrogen and oxygen atoms in total. The maximum absolute atomic E-state index is 14.9. The van der Waals surface area contributed by atoms with Gasteiger partial charge in [0, 0.05) is 37.8 Å². The Hall–Kier alpha value is -3.59. The highest BCUT2D eigenvalue weighted by Gasteiger charge is 2.36. The van der Waals surface area contributed by atoms with Crippen LogP contribution < -0.4 is 15.6 Å². The van der Waals surface area contributed by atoms with Gasteiger partial charge < -0.3 is 20.1 Å². The highest BCUT2D eigenvalue weighted by molar-refractivity contribution is 7.12. The lowest BCUT2D eigenvalue weighted by Gasteiger charge is -2.39. The first-order chi connectivity index (χ1) is 17.0. The number of ether oxygens (including phenoxy) is 1. The number of hydrogen-bond donors (Lipinski definition) is 2. The number of pyridine rings is 2. The quantitative estimate of drug-likeness (QED) is 0.336. The molecular formula is C21H19F4N5O5S. The molecule has 2 N–H and O–H groups in total. The first kappa shape index (κ1) is 25.5. The summed E-state index contributed by atoms with van der Waals surface area (Å²) < 4.78 is 60.2. The monoisotopic (exact) mass is 529 g/mol. The van der Waals surface area contributed by atoms with Gasteiger partial charge in [0.15, 0.2) is 28.1 Å². The van der Waals surface area contributed by atoms with E-state index in [1.807, 2.05) is 6.92 Å². The van der Waals surface area contributed by atoms with Gasteiger partial charge in [0.1, 0.15) is 5.56 Å². The lowest BCUT2D eigenvalue weighted by atomic mass is 9.99. The summed E-state index contributed by atoms with van der Waals surface area (Å²) in [4.78, 5) is 45.5. The molecule has 192 valence electrons. The smallest absolute Gasteiger partial charge is 0.434 e. The van der Waals surface area contributed by atoms with E-state index in [2.05, 4.69) is 15.3 Å². The molecule has 4 rings (SSSR count). The number of anilines is 1. The Kier molecular flexibility index (Phi) is 6.95. The number of carboxylic acid groups (broad SMARTS) is 1. The first-order valence-electron chi connectivity index (χ1n) is 10.6. The largest absolute Gasteiger partial charge is 0.477 e. The number of fused-ring (bicyclic) bond motifs is 1. The van der Waals surface area contributed by atoms with Crippen molar-refractivity contribution >= 4 is 40.1 Å². The summed E-state index contributed by atoms with van der Waals surface area (Å²) in [6.07, 6.45) is -3.94. The molecule has 15 heteroatoms. The van der Waals surface area contributed by atoms with Crippen LogP contribution in [-0.2, 0) is 15.7 Å². The van der Waals surface area contributed by atoms with E-state index in [0.717, 1.165) is 22.2 Å². The zero-order chi connectivity index (χ0) is 26.2. The molecular weight excluding hydrogens is 510 g/mol. The second-order valence-corrected chi connectivity index (χ2v) is 8.65. The maximum atomic E-state index is 14.9. The second kappa shape index (κ2) is 9.81. The average molecular weight is 529 g/mol. The van der Waals surface area contributed by atoms with Gasteiger partial charge in [-0.1, -0.05) is 0 Å². The zero-order valence-corrected chi connectivity index (χ0v) is 19.5. The molecule has 0 atom stereocenters. The van der Waals surface area contributed by atoms with Crippen molar-refractivity contribution in [2.75, 3.05) is 37.7 Å². The van der Waals surface area contributed by atoms with Crippen molar-refractivity contribution in [3.63, 3.8) is 0 Å². The van der Waals surface area contributed by atoms with E-state index in [-0.39, 0.29) is 35.6 Å². The number of aromatic nitrogens is 3. The molecule has 0 bridgehead atoms. The third kappa shape index (κ3) is 4.88. The number of carboxylic acids is 1. The summed E-state index contributed by atoms with van der Waals surface area (Å²) in [6.45, 7) is 3.23. The van der Waals surface area contributed by atoms with Gasteiger partial charge in [-0.15, -0.1) is 11.3 Å². The van der Waals surface area contributed by atoms with E-state index in [0.29, 0.717) is 31.1 Å². The predicted molar refractivity (Wildman–Crippen MR) is 120 cm³/mol. The normalized spacial score (nSPS) is 14.2. The third-order valence-corrected chi connectivity index (χ3v) is 6.27. The molecule has 0 unspecified atom stereocenters. The molecule has 1 amide bonds. The lowest BCUT2D eigenvalue weighted by Crippen LogP contribution is -2.54. The van der Waals surface area contributed by atoms with Crippen molar-refractivity contribution in [3.05, 3.63) is 44.9 Å². The summed E-state index contributed by atoms with van der Waals surface area (Å²) in [5, 5.41) is 12.1. The van der Waals surface area contributed by atoms with Crippen molar-refractivity contribution in [2.45, 2.75) is 13.1 Å². The SMILES string of the molecule is CCOCCNC(=O)C1CN(c2nc3c(cc2F)c(=O)c(C(=O)O)cn3-c2nc(C(F)(F)F)cs2)C1. The Bertz CT molecular complexity index is 1380. The van der Waals surface area contributed by atoms with Crippen LogP contribution in [-0.4, -0.2) is 64.4 Å². The molecule has 1 aliphatic rings. The van der Waals surface area contributed by atoms with E-state index in [9.17, 15) is 37.1 Å². The minimum Gasteiger partial charge on any atom is -0.477 e. The molecule has 0 aromatic carbocycles. The van der Waals surface area contributed by atoms with Gasteiger partial charge in [0.2, 0.25) is 11.3 Å². The van der Waals surface area contributed by atoms with Crippen molar-refractivity contribution in [1.82, 2.24) is 19.9 Å². The standard InChI is InChI=1S/C21H19F4N5O5S/c1-2-35-4-3-26-18(32)10-6-29(7-10)17-13(22)5-11-15(31)12(19(33)34)8-30(16(11)28-17)20-27-14(9-36-20)21(23,24)25/h5,8-10H,2-4,6-7H2,1H3,(H,26,32)(H,33,34). The van der Waals surface area contributed by atoms with Crippen molar-refractivity contribution < 1.29 is 37.0 Å². The summed E-state index contributed by atoms with van der Waals surface area (Å²) in [5.41, 5.74) is -3.31. The molecule has 1 aliphatic heterocycles.